The molecule has 6 amide bonds. The summed E-state index contributed by atoms with van der Waals surface area (Å²) < 4.78 is 23.8. The van der Waals surface area contributed by atoms with Crippen LogP contribution < -0.4 is 36.3 Å². The van der Waals surface area contributed by atoms with E-state index in [0.29, 0.717) is 73.5 Å². The second kappa shape index (κ2) is 19.6. The Morgan fingerprint density at radius 1 is 0.831 bits per heavy atom. The van der Waals surface area contributed by atoms with E-state index in [9.17, 15) is 43.5 Å². The van der Waals surface area contributed by atoms with Crippen LogP contribution in [0.5, 0.6) is 11.5 Å². The Morgan fingerprint density at radius 3 is 2.22 bits per heavy atom. The molecule has 7 rings (SSSR count). The third-order valence-corrected chi connectivity index (χ3v) is 12.1. The number of esters is 1. The smallest absolute Gasteiger partial charge is 0.343 e. The molecule has 4 aliphatic heterocycles. The number of imide groups is 1. The number of carbonyl (C=O) groups is 7. The summed E-state index contributed by atoms with van der Waals surface area (Å²) in [6.45, 7) is 6.62. The number of nitrogens with one attached hydrogen (secondary N) is 4. The molecule has 0 spiro atoms. The van der Waals surface area contributed by atoms with Crippen molar-refractivity contribution in [1.82, 2.24) is 35.7 Å². The largest absolute Gasteiger partial charge is 0.458 e. The van der Waals surface area contributed by atoms with Crippen LogP contribution in [0.4, 0.5) is 0 Å². The van der Waals surface area contributed by atoms with Crippen LogP contribution >= 0.6 is 0 Å². The fourth-order valence-electron chi connectivity index (χ4n) is 8.26. The predicted octanol–water partition coefficient (Wildman–Crippen LogP) is 1.22. The fraction of sp³-hybridized carbons (Fsp3) is 0.489. The summed E-state index contributed by atoms with van der Waals surface area (Å²) in [5.74, 6) is -2.42. The summed E-state index contributed by atoms with van der Waals surface area (Å²) in [5, 5.41) is 22.5. The van der Waals surface area contributed by atoms with Gasteiger partial charge in [0.05, 0.1) is 29.0 Å². The molecule has 346 valence electrons. The molecule has 0 saturated heterocycles. The van der Waals surface area contributed by atoms with Crippen LogP contribution in [0.2, 0.25) is 0 Å². The van der Waals surface area contributed by atoms with Crippen LogP contribution in [-0.4, -0.2) is 106 Å². The maximum Gasteiger partial charge on any atom is 0.343 e. The Kier molecular flexibility index (Phi) is 14.0. The molecule has 3 aromatic rings. The van der Waals surface area contributed by atoms with Crippen LogP contribution in [0.15, 0.2) is 35.1 Å². The topological polar surface area (TPSA) is 263 Å². The summed E-state index contributed by atoms with van der Waals surface area (Å²) in [6.07, 6.45) is 6.10. The molecule has 5 N–H and O–H groups in total. The zero-order valence-electron chi connectivity index (χ0n) is 36.7. The second-order valence-corrected chi connectivity index (χ2v) is 16.5. The Morgan fingerprint density at radius 2 is 1.51 bits per heavy atom. The summed E-state index contributed by atoms with van der Waals surface area (Å²) in [7, 11) is 0. The van der Waals surface area contributed by atoms with E-state index in [1.807, 2.05) is 6.07 Å². The quantitative estimate of drug-likeness (QED) is 0.0362. The third kappa shape index (κ3) is 9.73. The number of cyclic esters (lactones) is 1. The first-order valence-corrected chi connectivity index (χ1v) is 21.8. The maximum absolute atomic E-state index is 13.8. The molecule has 4 atom stereocenters. The number of aromatic nitrogens is 2. The number of hydrogen-bond donors (Lipinski definition) is 5. The first-order valence-electron chi connectivity index (χ1n) is 21.8. The van der Waals surface area contributed by atoms with E-state index >= 15 is 0 Å². The molecular formula is C45H53N7O13. The van der Waals surface area contributed by atoms with Crippen LogP contribution in [0, 0.1) is 0 Å². The lowest BCUT2D eigenvalue weighted by atomic mass is 9.86. The minimum atomic E-state index is -1.95. The SMILES string of the molecule is CC[C@@]1(O)C(=O)OCc2c1cc1n(c2=O)Cc2c-1nc1cc3c(cc1c2CCCCOCNC(=O)[C@H](C)NC(=O)[C@H](C)NC(=O)[C@H](C)NC(=O)CCCCCN1C(=O)C=CC1=O)OCO3. The monoisotopic (exact) mass is 899 g/mol. The van der Waals surface area contributed by atoms with Gasteiger partial charge in [0, 0.05) is 54.3 Å². The van der Waals surface area contributed by atoms with Gasteiger partial charge in [-0.05, 0) is 77.0 Å². The highest BCUT2D eigenvalue weighted by atomic mass is 16.7. The van der Waals surface area contributed by atoms with Gasteiger partial charge in [-0.2, -0.15) is 0 Å². The minimum Gasteiger partial charge on any atom is -0.458 e. The van der Waals surface area contributed by atoms with E-state index in [4.69, 9.17) is 23.9 Å². The van der Waals surface area contributed by atoms with Gasteiger partial charge < -0.3 is 49.9 Å². The lowest BCUT2D eigenvalue weighted by Gasteiger charge is -2.31. The molecule has 0 unspecified atom stereocenters. The summed E-state index contributed by atoms with van der Waals surface area (Å²) >= 11 is 0. The number of aryl methyl sites for hydroxylation is 1. The first-order chi connectivity index (χ1) is 31.1. The minimum absolute atomic E-state index is 0.0290. The molecule has 0 bridgehead atoms. The maximum atomic E-state index is 13.8. The molecule has 6 heterocycles. The lowest BCUT2D eigenvalue weighted by molar-refractivity contribution is -0.172. The van der Waals surface area contributed by atoms with Crippen molar-refractivity contribution in [2.45, 2.75) is 116 Å². The van der Waals surface area contributed by atoms with Gasteiger partial charge in [-0.1, -0.05) is 13.3 Å². The molecule has 0 aliphatic carbocycles. The molecule has 20 nitrogen and oxygen atoms in total. The average molecular weight is 900 g/mol. The van der Waals surface area contributed by atoms with Gasteiger partial charge in [-0.25, -0.2) is 9.78 Å². The van der Waals surface area contributed by atoms with Gasteiger partial charge >= 0.3 is 5.97 Å². The van der Waals surface area contributed by atoms with Crippen molar-refractivity contribution in [3.05, 3.63) is 63.0 Å². The number of amides is 6. The fourth-order valence-corrected chi connectivity index (χ4v) is 8.26. The van der Waals surface area contributed by atoms with Crippen molar-refractivity contribution in [2.24, 2.45) is 0 Å². The van der Waals surface area contributed by atoms with E-state index in [-0.39, 0.29) is 80.5 Å². The van der Waals surface area contributed by atoms with Crippen molar-refractivity contribution in [3.8, 4) is 22.9 Å². The van der Waals surface area contributed by atoms with Gasteiger partial charge in [0.1, 0.15) is 31.5 Å². The van der Waals surface area contributed by atoms with Crippen molar-refractivity contribution >= 4 is 52.3 Å². The van der Waals surface area contributed by atoms with Crippen LogP contribution in [0.1, 0.15) is 94.9 Å². The van der Waals surface area contributed by atoms with Crippen molar-refractivity contribution in [2.75, 3.05) is 26.7 Å². The number of pyridine rings is 2. The van der Waals surface area contributed by atoms with Crippen molar-refractivity contribution in [1.29, 1.82) is 0 Å². The van der Waals surface area contributed by atoms with Gasteiger partial charge in [0.25, 0.3) is 17.4 Å². The van der Waals surface area contributed by atoms with Crippen LogP contribution in [0.25, 0.3) is 22.3 Å². The van der Waals surface area contributed by atoms with Crippen molar-refractivity contribution < 1.29 is 57.6 Å². The Hall–Kier alpha value is -6.67. The molecule has 2 aromatic heterocycles. The summed E-state index contributed by atoms with van der Waals surface area (Å²) in [5.41, 5.74) is 1.67. The van der Waals surface area contributed by atoms with Crippen LogP contribution in [0.3, 0.4) is 0 Å². The lowest BCUT2D eigenvalue weighted by Crippen LogP contribution is -2.54. The molecular weight excluding hydrogens is 847 g/mol. The zero-order valence-corrected chi connectivity index (χ0v) is 36.7. The number of hydrogen-bond acceptors (Lipinski definition) is 14. The Bertz CT molecular complexity index is 2520. The highest BCUT2D eigenvalue weighted by molar-refractivity contribution is 6.12. The van der Waals surface area contributed by atoms with Gasteiger partial charge in [-0.3, -0.25) is 38.5 Å². The van der Waals surface area contributed by atoms with E-state index in [1.165, 1.54) is 32.9 Å². The molecule has 4 aliphatic rings. The summed E-state index contributed by atoms with van der Waals surface area (Å²) in [6, 6.07) is 2.47. The molecule has 0 saturated carbocycles. The molecule has 65 heavy (non-hydrogen) atoms. The molecule has 0 fully saturated rings. The number of carbonyl (C=O) groups excluding carboxylic acids is 7. The van der Waals surface area contributed by atoms with E-state index < -0.39 is 47.4 Å². The number of nitrogens with zero attached hydrogens (tertiary/aromatic N) is 3. The van der Waals surface area contributed by atoms with E-state index in [1.54, 1.807) is 23.6 Å². The number of fused-ring (bicyclic) bond motifs is 6. The van der Waals surface area contributed by atoms with Gasteiger partial charge in [-0.15, -0.1) is 0 Å². The normalized spacial score (nSPS) is 18.1. The number of rotatable bonds is 20. The van der Waals surface area contributed by atoms with Gasteiger partial charge in [0.15, 0.2) is 17.1 Å². The Balaban J connectivity index is 0.848. The average Bonchev–Trinajstić information content (AvgIpc) is 3.99. The third-order valence-electron chi connectivity index (χ3n) is 12.1. The Labute approximate surface area is 373 Å². The molecule has 1 aromatic carbocycles. The zero-order chi connectivity index (χ0) is 46.6. The highest BCUT2D eigenvalue weighted by Gasteiger charge is 2.45. The molecule has 0 radical (unpaired) electrons. The van der Waals surface area contributed by atoms with Crippen LogP contribution in [-0.2, 0) is 68.2 Å². The van der Waals surface area contributed by atoms with E-state index in [2.05, 4.69) is 21.3 Å². The van der Waals surface area contributed by atoms with E-state index in [0.717, 1.165) is 21.4 Å². The second-order valence-electron chi connectivity index (χ2n) is 16.5. The van der Waals surface area contributed by atoms with Crippen molar-refractivity contribution in [3.63, 3.8) is 0 Å². The number of benzene rings is 1. The predicted molar refractivity (Wildman–Crippen MR) is 230 cm³/mol. The standard InChI is InChI=1S/C45H53N7O13/c1-5-45(61)31-18-33-39-29(20-52(33)43(59)30(31)21-63-44(45)60)27(28-17-34-35(65-23-64-34)19-32(28)50-39)11-8-10-16-62-22-46-40(56)24(2)48-42(58)26(4)49-41(57)25(3)47-36(53)12-7-6-9-15-51-37(54)13-14-38(51)55/h13-14,17-19,24-26,61H,5-12,15-16,20-23H2,1-4H3,(H,46,56)(H,47,53)(H,48,58)(H,49,57)/t24-,25-,26-,45-/m0/s1. The number of aliphatic hydroxyl groups is 1. The van der Waals surface area contributed by atoms with Gasteiger partial charge in [0.2, 0.25) is 30.4 Å². The molecule has 20 heteroatoms. The highest BCUT2D eigenvalue weighted by Crippen LogP contribution is 2.43. The number of ether oxygens (including phenoxy) is 4. The first kappa shape index (κ1) is 46.3. The summed E-state index contributed by atoms with van der Waals surface area (Å²) in [4.78, 5) is 107. The number of unbranched alkanes of at least 4 members (excludes halogenated alkanes) is 3.